The molecule has 1 saturated heterocycles. The standard InChI is InChI=1S/C13H20N6S2/c1-3-11-14-13(21-17-11)19-6-4-5-18(7-8-19)9-12-16-15-10(2)20-12/h3-9H2,1-2H3. The molecule has 1 fully saturated rings. The maximum absolute atomic E-state index is 4.60. The van der Waals surface area contributed by atoms with E-state index >= 15 is 0 Å². The van der Waals surface area contributed by atoms with Gasteiger partial charge in [0.1, 0.15) is 15.8 Å². The molecule has 1 aliphatic rings. The molecule has 0 radical (unpaired) electrons. The molecular weight excluding hydrogens is 304 g/mol. The highest BCUT2D eigenvalue weighted by Gasteiger charge is 2.19. The van der Waals surface area contributed by atoms with Crippen molar-refractivity contribution in [2.75, 3.05) is 31.1 Å². The first kappa shape index (κ1) is 14.8. The zero-order valence-electron chi connectivity index (χ0n) is 12.4. The first-order chi connectivity index (χ1) is 10.2. The fourth-order valence-electron chi connectivity index (χ4n) is 2.43. The van der Waals surface area contributed by atoms with E-state index in [1.807, 2.05) is 6.92 Å². The Morgan fingerprint density at radius 1 is 1.14 bits per heavy atom. The summed E-state index contributed by atoms with van der Waals surface area (Å²) in [5.41, 5.74) is 0. The normalized spacial score (nSPS) is 17.1. The van der Waals surface area contributed by atoms with Gasteiger partial charge >= 0.3 is 0 Å². The molecule has 0 N–H and O–H groups in total. The van der Waals surface area contributed by atoms with Crippen molar-refractivity contribution in [2.24, 2.45) is 0 Å². The number of anilines is 1. The molecule has 3 rings (SSSR count). The summed E-state index contributed by atoms with van der Waals surface area (Å²) in [5.74, 6) is 0.959. The predicted octanol–water partition coefficient (Wildman–Crippen LogP) is 1.97. The van der Waals surface area contributed by atoms with Crippen LogP contribution in [0.1, 0.15) is 29.2 Å². The number of nitrogens with zero attached hydrogens (tertiary/aromatic N) is 6. The second-order valence-corrected chi connectivity index (χ2v) is 7.17. The van der Waals surface area contributed by atoms with Gasteiger partial charge in [-0.05, 0) is 13.3 Å². The molecule has 0 saturated carbocycles. The summed E-state index contributed by atoms with van der Waals surface area (Å²) in [7, 11) is 0. The van der Waals surface area contributed by atoms with Crippen LogP contribution in [0.25, 0.3) is 0 Å². The highest BCUT2D eigenvalue weighted by atomic mass is 32.1. The molecule has 2 aromatic heterocycles. The van der Waals surface area contributed by atoms with E-state index in [1.165, 1.54) is 11.5 Å². The van der Waals surface area contributed by atoms with Crippen LogP contribution in [0.4, 0.5) is 5.13 Å². The van der Waals surface area contributed by atoms with Crippen molar-refractivity contribution < 1.29 is 0 Å². The summed E-state index contributed by atoms with van der Waals surface area (Å²) in [6.45, 7) is 9.23. The molecule has 0 unspecified atom stereocenters. The summed E-state index contributed by atoms with van der Waals surface area (Å²) in [6, 6.07) is 0. The van der Waals surface area contributed by atoms with Crippen LogP contribution < -0.4 is 4.90 Å². The first-order valence-electron chi connectivity index (χ1n) is 7.33. The van der Waals surface area contributed by atoms with Crippen LogP contribution in [0.15, 0.2) is 0 Å². The van der Waals surface area contributed by atoms with Crippen LogP contribution in [-0.2, 0) is 13.0 Å². The van der Waals surface area contributed by atoms with E-state index in [4.69, 9.17) is 0 Å². The topological polar surface area (TPSA) is 58.0 Å². The van der Waals surface area contributed by atoms with Gasteiger partial charge in [0.2, 0.25) is 5.13 Å². The number of hydrogen-bond donors (Lipinski definition) is 0. The molecule has 0 atom stereocenters. The van der Waals surface area contributed by atoms with Crippen LogP contribution in [0, 0.1) is 6.92 Å². The minimum Gasteiger partial charge on any atom is -0.346 e. The third-order valence-corrected chi connectivity index (χ3v) is 5.20. The van der Waals surface area contributed by atoms with Crippen molar-refractivity contribution in [3.05, 3.63) is 15.8 Å². The average Bonchev–Trinajstić information content (AvgIpc) is 3.05. The summed E-state index contributed by atoms with van der Waals surface area (Å²) >= 11 is 3.22. The molecular formula is C13H20N6S2. The van der Waals surface area contributed by atoms with Gasteiger partial charge in [0.15, 0.2) is 0 Å². The van der Waals surface area contributed by atoms with Crippen molar-refractivity contribution in [2.45, 2.75) is 33.2 Å². The molecule has 0 amide bonds. The molecule has 0 spiro atoms. The maximum atomic E-state index is 4.60. The van der Waals surface area contributed by atoms with Gasteiger partial charge in [-0.3, -0.25) is 4.90 Å². The Labute approximate surface area is 133 Å². The molecule has 21 heavy (non-hydrogen) atoms. The second-order valence-electron chi connectivity index (χ2n) is 5.18. The molecule has 0 aliphatic carbocycles. The molecule has 6 nitrogen and oxygen atoms in total. The first-order valence-corrected chi connectivity index (χ1v) is 8.92. The lowest BCUT2D eigenvalue weighted by Crippen LogP contribution is -2.30. The highest BCUT2D eigenvalue weighted by molar-refractivity contribution is 7.11. The van der Waals surface area contributed by atoms with Gasteiger partial charge in [-0.25, -0.2) is 4.98 Å². The van der Waals surface area contributed by atoms with Gasteiger partial charge in [-0.15, -0.1) is 21.5 Å². The minimum atomic E-state index is 0.910. The molecule has 8 heteroatoms. The lowest BCUT2D eigenvalue weighted by molar-refractivity contribution is 0.284. The summed E-state index contributed by atoms with van der Waals surface area (Å²) in [4.78, 5) is 9.42. The van der Waals surface area contributed by atoms with E-state index in [2.05, 4.69) is 36.3 Å². The third-order valence-electron chi connectivity index (χ3n) is 3.56. The Hall–Kier alpha value is -1.12. The van der Waals surface area contributed by atoms with Crippen molar-refractivity contribution in [3.63, 3.8) is 0 Å². The largest absolute Gasteiger partial charge is 0.346 e. The minimum absolute atomic E-state index is 0.910. The Balaban J connectivity index is 1.58. The molecule has 0 bridgehead atoms. The van der Waals surface area contributed by atoms with Crippen molar-refractivity contribution in [3.8, 4) is 0 Å². The van der Waals surface area contributed by atoms with Gasteiger partial charge < -0.3 is 4.90 Å². The SMILES string of the molecule is CCc1nsc(N2CCCN(Cc3nnc(C)s3)CC2)n1. The second kappa shape index (κ2) is 6.76. The number of aryl methyl sites for hydroxylation is 2. The van der Waals surface area contributed by atoms with Gasteiger partial charge in [0, 0.05) is 44.1 Å². The fraction of sp³-hybridized carbons (Fsp3) is 0.692. The molecule has 3 heterocycles. The lowest BCUT2D eigenvalue weighted by atomic mass is 10.4. The number of aromatic nitrogens is 4. The summed E-state index contributed by atoms with van der Waals surface area (Å²) < 4.78 is 4.39. The van der Waals surface area contributed by atoms with Gasteiger partial charge in [0.05, 0.1) is 6.54 Å². The van der Waals surface area contributed by atoms with Gasteiger partial charge in [-0.1, -0.05) is 6.92 Å². The number of rotatable bonds is 4. The van der Waals surface area contributed by atoms with Gasteiger partial charge in [-0.2, -0.15) is 4.37 Å². The Morgan fingerprint density at radius 3 is 2.76 bits per heavy atom. The maximum Gasteiger partial charge on any atom is 0.205 e. The highest BCUT2D eigenvalue weighted by Crippen LogP contribution is 2.20. The van der Waals surface area contributed by atoms with E-state index in [9.17, 15) is 0 Å². The van der Waals surface area contributed by atoms with Crippen LogP contribution in [0.2, 0.25) is 0 Å². The van der Waals surface area contributed by atoms with E-state index < -0.39 is 0 Å². The van der Waals surface area contributed by atoms with Crippen LogP contribution in [-0.4, -0.2) is 50.6 Å². The Morgan fingerprint density at radius 2 is 2.05 bits per heavy atom. The zero-order chi connectivity index (χ0) is 14.7. The Bertz CT molecular complexity index is 581. The van der Waals surface area contributed by atoms with Crippen LogP contribution in [0.3, 0.4) is 0 Å². The third kappa shape index (κ3) is 3.75. The van der Waals surface area contributed by atoms with Crippen LogP contribution in [0.5, 0.6) is 0 Å². The quantitative estimate of drug-likeness (QED) is 0.857. The monoisotopic (exact) mass is 324 g/mol. The molecule has 0 aromatic carbocycles. The van der Waals surface area contributed by atoms with Gasteiger partial charge in [0.25, 0.3) is 0 Å². The van der Waals surface area contributed by atoms with Crippen molar-refractivity contribution in [1.29, 1.82) is 0 Å². The number of hydrogen-bond acceptors (Lipinski definition) is 8. The molecule has 114 valence electrons. The van der Waals surface area contributed by atoms with Crippen LogP contribution >= 0.6 is 22.9 Å². The van der Waals surface area contributed by atoms with E-state index in [0.29, 0.717) is 0 Å². The smallest absolute Gasteiger partial charge is 0.205 e. The summed E-state index contributed by atoms with van der Waals surface area (Å²) in [6.07, 6.45) is 2.06. The van der Waals surface area contributed by atoms with E-state index in [-0.39, 0.29) is 0 Å². The van der Waals surface area contributed by atoms with E-state index in [0.717, 1.165) is 66.5 Å². The predicted molar refractivity (Wildman–Crippen MR) is 86.0 cm³/mol. The van der Waals surface area contributed by atoms with Crippen molar-refractivity contribution >= 4 is 28.0 Å². The van der Waals surface area contributed by atoms with Crippen molar-refractivity contribution in [1.82, 2.24) is 24.5 Å². The Kier molecular flexibility index (Phi) is 4.77. The average molecular weight is 324 g/mol. The molecule has 1 aliphatic heterocycles. The fourth-order valence-corrected chi connectivity index (χ4v) is 3.98. The summed E-state index contributed by atoms with van der Waals surface area (Å²) in [5, 5.41) is 11.5. The van der Waals surface area contributed by atoms with E-state index in [1.54, 1.807) is 11.3 Å². The zero-order valence-corrected chi connectivity index (χ0v) is 14.1. The molecule has 2 aromatic rings. The lowest BCUT2D eigenvalue weighted by Gasteiger charge is -2.20.